The largest absolute Gasteiger partial charge is 0.496 e. The molecule has 2 heterocycles. The molecule has 1 unspecified atom stereocenters. The van der Waals surface area contributed by atoms with Gasteiger partial charge in [0.1, 0.15) is 5.75 Å². The molecule has 0 amide bonds. The van der Waals surface area contributed by atoms with Gasteiger partial charge >= 0.3 is 0 Å². The molecular formula is C16H22N4O. The SMILES string of the molecule is COc1c(C)cnc(CC(NN)c2ccc(C)nc2)c1C. The molecule has 3 N–H and O–H groups in total. The highest BCUT2D eigenvalue weighted by atomic mass is 16.5. The normalized spacial score (nSPS) is 12.2. The molecule has 0 fully saturated rings. The van der Waals surface area contributed by atoms with E-state index in [2.05, 4.69) is 15.4 Å². The van der Waals surface area contributed by atoms with Crippen molar-refractivity contribution in [3.05, 3.63) is 52.6 Å². The van der Waals surface area contributed by atoms with Crippen molar-refractivity contribution in [1.82, 2.24) is 15.4 Å². The third-order valence-corrected chi connectivity index (χ3v) is 3.69. The zero-order chi connectivity index (χ0) is 15.4. The minimum atomic E-state index is -0.0308. The Morgan fingerprint density at radius 2 is 1.95 bits per heavy atom. The summed E-state index contributed by atoms with van der Waals surface area (Å²) >= 11 is 0. The smallest absolute Gasteiger partial charge is 0.128 e. The number of hydrogen-bond acceptors (Lipinski definition) is 5. The summed E-state index contributed by atoms with van der Waals surface area (Å²) in [4.78, 5) is 8.84. The van der Waals surface area contributed by atoms with E-state index in [0.29, 0.717) is 6.42 Å². The molecule has 2 rings (SSSR count). The Balaban J connectivity index is 2.29. The molecular weight excluding hydrogens is 264 g/mol. The fraction of sp³-hybridized carbons (Fsp3) is 0.375. The second kappa shape index (κ2) is 6.65. The molecule has 0 spiro atoms. The van der Waals surface area contributed by atoms with Crippen LogP contribution < -0.4 is 16.0 Å². The van der Waals surface area contributed by atoms with E-state index in [1.165, 1.54) is 0 Å². The molecule has 0 saturated carbocycles. The monoisotopic (exact) mass is 286 g/mol. The highest BCUT2D eigenvalue weighted by Crippen LogP contribution is 2.27. The number of aryl methyl sites for hydroxylation is 2. The minimum Gasteiger partial charge on any atom is -0.496 e. The van der Waals surface area contributed by atoms with Crippen LogP contribution in [0.2, 0.25) is 0 Å². The van der Waals surface area contributed by atoms with E-state index in [4.69, 9.17) is 10.6 Å². The maximum atomic E-state index is 5.70. The Kier molecular flexibility index (Phi) is 4.88. The summed E-state index contributed by atoms with van der Waals surface area (Å²) in [6.45, 7) is 5.98. The summed E-state index contributed by atoms with van der Waals surface area (Å²) in [5.74, 6) is 6.59. The van der Waals surface area contributed by atoms with Crippen LogP contribution in [-0.4, -0.2) is 17.1 Å². The van der Waals surface area contributed by atoms with E-state index < -0.39 is 0 Å². The van der Waals surface area contributed by atoms with Crippen LogP contribution in [0, 0.1) is 20.8 Å². The number of methoxy groups -OCH3 is 1. The van der Waals surface area contributed by atoms with Crippen LogP contribution >= 0.6 is 0 Å². The maximum Gasteiger partial charge on any atom is 0.128 e. The Morgan fingerprint density at radius 1 is 1.19 bits per heavy atom. The molecule has 0 aliphatic carbocycles. The van der Waals surface area contributed by atoms with Gasteiger partial charge in [0.05, 0.1) is 13.2 Å². The van der Waals surface area contributed by atoms with Gasteiger partial charge in [-0.25, -0.2) is 0 Å². The van der Waals surface area contributed by atoms with Crippen molar-refractivity contribution in [1.29, 1.82) is 0 Å². The zero-order valence-electron chi connectivity index (χ0n) is 13.0. The first-order valence-electron chi connectivity index (χ1n) is 6.94. The lowest BCUT2D eigenvalue weighted by Gasteiger charge is -2.18. The lowest BCUT2D eigenvalue weighted by atomic mass is 10.00. The van der Waals surface area contributed by atoms with Crippen LogP contribution in [0.3, 0.4) is 0 Å². The van der Waals surface area contributed by atoms with Crippen LogP contribution in [0.25, 0.3) is 0 Å². The van der Waals surface area contributed by atoms with E-state index >= 15 is 0 Å². The molecule has 5 heteroatoms. The number of rotatable bonds is 5. The number of hydrazine groups is 1. The van der Waals surface area contributed by atoms with Crippen molar-refractivity contribution >= 4 is 0 Å². The van der Waals surface area contributed by atoms with Gasteiger partial charge in [-0.2, -0.15) is 0 Å². The quantitative estimate of drug-likeness (QED) is 0.651. The predicted octanol–water partition coefficient (Wildman–Crippen LogP) is 2.16. The van der Waals surface area contributed by atoms with Crippen LogP contribution in [0.5, 0.6) is 5.75 Å². The first-order valence-corrected chi connectivity index (χ1v) is 6.94. The van der Waals surface area contributed by atoms with E-state index in [1.54, 1.807) is 7.11 Å². The maximum absolute atomic E-state index is 5.70. The third-order valence-electron chi connectivity index (χ3n) is 3.69. The number of hydrogen-bond donors (Lipinski definition) is 2. The standard InChI is InChI=1S/C16H22N4O/c1-10-8-19-14(12(3)16(10)21-4)7-15(20-17)13-6-5-11(2)18-9-13/h5-6,8-9,15,20H,7,17H2,1-4H3. The first kappa shape index (κ1) is 15.4. The van der Waals surface area contributed by atoms with Crippen molar-refractivity contribution in [2.75, 3.05) is 7.11 Å². The summed E-state index contributed by atoms with van der Waals surface area (Å²) < 4.78 is 5.45. The first-order chi connectivity index (χ1) is 10.1. The molecule has 2 aromatic rings. The molecule has 21 heavy (non-hydrogen) atoms. The van der Waals surface area contributed by atoms with Crippen molar-refractivity contribution in [2.24, 2.45) is 5.84 Å². The topological polar surface area (TPSA) is 73.1 Å². The highest BCUT2D eigenvalue weighted by molar-refractivity contribution is 5.41. The zero-order valence-corrected chi connectivity index (χ0v) is 13.0. The Morgan fingerprint density at radius 3 is 2.52 bits per heavy atom. The lowest BCUT2D eigenvalue weighted by Crippen LogP contribution is -2.30. The molecule has 0 bridgehead atoms. The van der Waals surface area contributed by atoms with Crippen molar-refractivity contribution < 1.29 is 4.74 Å². The molecule has 5 nitrogen and oxygen atoms in total. The lowest BCUT2D eigenvalue weighted by molar-refractivity contribution is 0.406. The summed E-state index contributed by atoms with van der Waals surface area (Å²) in [6.07, 6.45) is 4.37. The van der Waals surface area contributed by atoms with Gasteiger partial charge < -0.3 is 4.74 Å². The minimum absolute atomic E-state index is 0.0308. The summed E-state index contributed by atoms with van der Waals surface area (Å²) in [6, 6.07) is 3.99. The summed E-state index contributed by atoms with van der Waals surface area (Å²) in [5.41, 5.74) is 7.94. The number of aromatic nitrogens is 2. The van der Waals surface area contributed by atoms with Gasteiger partial charge in [0.15, 0.2) is 0 Å². The average molecular weight is 286 g/mol. The number of ether oxygens (including phenoxy) is 1. The number of nitrogens with two attached hydrogens (primary N) is 1. The van der Waals surface area contributed by atoms with Gasteiger partial charge in [0, 0.05) is 41.3 Å². The van der Waals surface area contributed by atoms with Crippen LogP contribution in [0.15, 0.2) is 24.5 Å². The fourth-order valence-corrected chi connectivity index (χ4v) is 2.43. The molecule has 0 saturated heterocycles. The fourth-order valence-electron chi connectivity index (χ4n) is 2.43. The van der Waals surface area contributed by atoms with Crippen molar-refractivity contribution in [3.8, 4) is 5.75 Å². The second-order valence-electron chi connectivity index (χ2n) is 5.20. The van der Waals surface area contributed by atoms with Crippen molar-refractivity contribution in [3.63, 3.8) is 0 Å². The average Bonchev–Trinajstić information content (AvgIpc) is 2.48. The van der Waals surface area contributed by atoms with Crippen LogP contribution in [0.1, 0.15) is 34.1 Å². The van der Waals surface area contributed by atoms with Crippen LogP contribution in [0.4, 0.5) is 0 Å². The number of nitrogens with zero attached hydrogens (tertiary/aromatic N) is 2. The Bertz CT molecular complexity index is 610. The molecule has 0 aliphatic heterocycles. The van der Waals surface area contributed by atoms with E-state index in [1.807, 2.05) is 45.3 Å². The van der Waals surface area contributed by atoms with Crippen molar-refractivity contribution in [2.45, 2.75) is 33.2 Å². The predicted molar refractivity (Wildman–Crippen MR) is 83.0 cm³/mol. The van der Waals surface area contributed by atoms with Gasteiger partial charge in [-0.05, 0) is 32.4 Å². The molecule has 112 valence electrons. The number of nitrogens with one attached hydrogen (secondary N) is 1. The van der Waals surface area contributed by atoms with Crippen LogP contribution in [-0.2, 0) is 6.42 Å². The number of pyridine rings is 2. The molecule has 0 radical (unpaired) electrons. The van der Waals surface area contributed by atoms with Gasteiger partial charge in [-0.3, -0.25) is 21.2 Å². The Labute approximate surface area is 125 Å². The van der Waals surface area contributed by atoms with E-state index in [0.717, 1.165) is 33.8 Å². The highest BCUT2D eigenvalue weighted by Gasteiger charge is 2.16. The van der Waals surface area contributed by atoms with Gasteiger partial charge in [-0.15, -0.1) is 0 Å². The molecule has 1 atom stereocenters. The van der Waals surface area contributed by atoms with Gasteiger partial charge in [0.25, 0.3) is 0 Å². The summed E-state index contributed by atoms with van der Waals surface area (Å²) in [7, 11) is 1.68. The molecule has 0 aromatic carbocycles. The van der Waals surface area contributed by atoms with E-state index in [9.17, 15) is 0 Å². The van der Waals surface area contributed by atoms with Gasteiger partial charge in [0.2, 0.25) is 0 Å². The van der Waals surface area contributed by atoms with E-state index in [-0.39, 0.29) is 6.04 Å². The molecule has 0 aliphatic rings. The summed E-state index contributed by atoms with van der Waals surface area (Å²) in [5, 5.41) is 0. The Hall–Kier alpha value is -1.98. The third kappa shape index (κ3) is 3.37. The molecule has 2 aromatic heterocycles. The van der Waals surface area contributed by atoms with Gasteiger partial charge in [-0.1, -0.05) is 6.07 Å². The second-order valence-corrected chi connectivity index (χ2v) is 5.20.